The number of rotatable bonds is 8. The molecule has 5 rings (SSSR count). The molecule has 3 heterocycles. The Morgan fingerprint density at radius 1 is 1.00 bits per heavy atom. The van der Waals surface area contributed by atoms with Gasteiger partial charge in [-0.15, -0.1) is 5.10 Å². The van der Waals surface area contributed by atoms with Crippen LogP contribution in [-0.4, -0.2) is 74.2 Å². The van der Waals surface area contributed by atoms with E-state index >= 15 is 0 Å². The Balaban J connectivity index is 1.19. The van der Waals surface area contributed by atoms with Crippen LogP contribution in [0.5, 0.6) is 17.2 Å². The van der Waals surface area contributed by atoms with Gasteiger partial charge in [0.25, 0.3) is 0 Å². The first-order valence-corrected chi connectivity index (χ1v) is 11.6. The number of hydrogen-bond donors (Lipinski definition) is 0. The summed E-state index contributed by atoms with van der Waals surface area (Å²) in [5, 5.41) is 8.01. The molecule has 32 heavy (non-hydrogen) atoms. The van der Waals surface area contributed by atoms with Gasteiger partial charge in [0.15, 0.2) is 11.5 Å². The van der Waals surface area contributed by atoms with Crippen molar-refractivity contribution in [3.05, 3.63) is 36.4 Å². The third kappa shape index (κ3) is 4.16. The van der Waals surface area contributed by atoms with Crippen molar-refractivity contribution in [1.82, 2.24) is 19.5 Å². The molecule has 1 fully saturated rings. The molecule has 0 saturated carbocycles. The van der Waals surface area contributed by atoms with Crippen molar-refractivity contribution in [3.8, 4) is 17.2 Å². The molecule has 0 atom stereocenters. The largest absolute Gasteiger partial charge is 0.493 e. The Kier molecular flexibility index (Phi) is 5.72. The van der Waals surface area contributed by atoms with Crippen LogP contribution in [0.4, 0.5) is 0 Å². The number of nitrogens with zero attached hydrogens (tertiary/aromatic N) is 4. The fourth-order valence-corrected chi connectivity index (χ4v) is 4.86. The van der Waals surface area contributed by atoms with Crippen molar-refractivity contribution in [2.24, 2.45) is 0 Å². The standard InChI is InChI=1S/C20H22N4O7S/c25-32(26,23-6-10-27-11-7-23)16-3-4-17-18(13-16)24(22-21-17)31-9-1-8-28-15-2-5-19-20(12-15)30-14-29-19/h2-5,12-13H,1,6-11,14H2. The topological polar surface area (TPSA) is 114 Å². The van der Waals surface area contributed by atoms with E-state index in [-0.39, 0.29) is 11.7 Å². The van der Waals surface area contributed by atoms with Gasteiger partial charge < -0.3 is 23.8 Å². The molecule has 0 N–H and O–H groups in total. The lowest BCUT2D eigenvalue weighted by Gasteiger charge is -2.26. The maximum absolute atomic E-state index is 12.9. The SMILES string of the molecule is O=S(=O)(c1ccc2nnn(OCCCOc3ccc4c(c3)OCO4)c2c1)N1CCOCC1. The third-order valence-corrected chi connectivity index (χ3v) is 7.00. The van der Waals surface area contributed by atoms with E-state index in [1.165, 1.54) is 21.3 Å². The lowest BCUT2D eigenvalue weighted by molar-refractivity contribution is 0.0730. The predicted molar refractivity (Wildman–Crippen MR) is 111 cm³/mol. The quantitative estimate of drug-likeness (QED) is 0.454. The molecule has 0 bridgehead atoms. The highest BCUT2D eigenvalue weighted by Gasteiger charge is 2.27. The number of ether oxygens (including phenoxy) is 4. The van der Waals surface area contributed by atoms with E-state index in [0.29, 0.717) is 74.2 Å². The van der Waals surface area contributed by atoms with Crippen molar-refractivity contribution in [1.29, 1.82) is 0 Å². The molecular weight excluding hydrogens is 440 g/mol. The molecule has 2 aromatic carbocycles. The van der Waals surface area contributed by atoms with Gasteiger partial charge in [0.1, 0.15) is 23.4 Å². The lowest BCUT2D eigenvalue weighted by Crippen LogP contribution is -2.40. The molecule has 0 unspecified atom stereocenters. The second kappa shape index (κ2) is 8.81. The molecule has 11 nitrogen and oxygen atoms in total. The molecule has 2 aliphatic heterocycles. The zero-order valence-corrected chi connectivity index (χ0v) is 18.0. The van der Waals surface area contributed by atoms with E-state index in [9.17, 15) is 8.42 Å². The van der Waals surface area contributed by atoms with Crippen LogP contribution in [0.2, 0.25) is 0 Å². The molecule has 1 aromatic heterocycles. The smallest absolute Gasteiger partial charge is 0.243 e. The second-order valence-electron chi connectivity index (χ2n) is 7.18. The lowest BCUT2D eigenvalue weighted by atomic mass is 10.3. The Hall–Kier alpha value is -3.09. The zero-order chi connectivity index (χ0) is 22.0. The molecule has 0 radical (unpaired) electrons. The van der Waals surface area contributed by atoms with Crippen molar-refractivity contribution in [2.45, 2.75) is 11.3 Å². The Labute approximate surface area is 184 Å². The van der Waals surface area contributed by atoms with Crippen LogP contribution in [0.3, 0.4) is 0 Å². The average Bonchev–Trinajstić information content (AvgIpc) is 3.45. The summed E-state index contributed by atoms with van der Waals surface area (Å²) in [5.74, 6) is 2.04. The van der Waals surface area contributed by atoms with Crippen LogP contribution in [0.25, 0.3) is 11.0 Å². The second-order valence-corrected chi connectivity index (χ2v) is 9.12. The van der Waals surface area contributed by atoms with Crippen LogP contribution in [-0.2, 0) is 14.8 Å². The maximum Gasteiger partial charge on any atom is 0.243 e. The summed E-state index contributed by atoms with van der Waals surface area (Å²) >= 11 is 0. The molecule has 0 spiro atoms. The van der Waals surface area contributed by atoms with Gasteiger partial charge >= 0.3 is 0 Å². The molecule has 12 heteroatoms. The number of morpholine rings is 1. The first-order chi connectivity index (χ1) is 15.6. The average molecular weight is 462 g/mol. The molecule has 0 amide bonds. The number of fused-ring (bicyclic) bond motifs is 2. The normalized spacial score (nSPS) is 16.4. The van der Waals surface area contributed by atoms with Crippen LogP contribution in [0.15, 0.2) is 41.3 Å². The van der Waals surface area contributed by atoms with E-state index < -0.39 is 10.0 Å². The van der Waals surface area contributed by atoms with Crippen molar-refractivity contribution in [3.63, 3.8) is 0 Å². The maximum atomic E-state index is 12.9. The third-order valence-electron chi connectivity index (χ3n) is 5.11. The minimum absolute atomic E-state index is 0.171. The summed E-state index contributed by atoms with van der Waals surface area (Å²) in [6, 6.07) is 10.1. The molecule has 2 aliphatic rings. The summed E-state index contributed by atoms with van der Waals surface area (Å²) in [4.78, 5) is 7.09. The van der Waals surface area contributed by atoms with E-state index in [0.717, 1.165) is 0 Å². The summed E-state index contributed by atoms with van der Waals surface area (Å²) in [6.45, 7) is 2.38. The summed E-state index contributed by atoms with van der Waals surface area (Å²) < 4.78 is 48.8. The van der Waals surface area contributed by atoms with E-state index in [2.05, 4.69) is 10.3 Å². The van der Waals surface area contributed by atoms with Crippen LogP contribution < -0.4 is 19.0 Å². The fraction of sp³-hybridized carbons (Fsp3) is 0.400. The minimum atomic E-state index is -3.62. The number of aromatic nitrogens is 3. The molecule has 3 aromatic rings. The van der Waals surface area contributed by atoms with Gasteiger partial charge in [-0.1, -0.05) is 4.85 Å². The van der Waals surface area contributed by atoms with Crippen LogP contribution >= 0.6 is 0 Å². The molecule has 1 saturated heterocycles. The molecule has 170 valence electrons. The van der Waals surface area contributed by atoms with Crippen LogP contribution in [0, 0.1) is 0 Å². The first kappa shape index (κ1) is 20.8. The molecular formula is C20H22N4O7S. The van der Waals surface area contributed by atoms with Gasteiger partial charge in [-0.25, -0.2) is 8.42 Å². The summed E-state index contributed by atoms with van der Waals surface area (Å²) in [5.41, 5.74) is 1.03. The predicted octanol–water partition coefficient (Wildman–Crippen LogP) is 1.08. The van der Waals surface area contributed by atoms with Gasteiger partial charge in [-0.3, -0.25) is 0 Å². The van der Waals surface area contributed by atoms with Crippen molar-refractivity contribution in [2.75, 3.05) is 46.3 Å². The minimum Gasteiger partial charge on any atom is -0.493 e. The van der Waals surface area contributed by atoms with Gasteiger partial charge in [0, 0.05) is 25.6 Å². The Bertz CT molecular complexity index is 1210. The number of hydrogen-bond acceptors (Lipinski definition) is 9. The summed E-state index contributed by atoms with van der Waals surface area (Å²) in [7, 11) is -3.62. The number of sulfonamides is 1. The van der Waals surface area contributed by atoms with E-state index in [1.807, 2.05) is 6.07 Å². The van der Waals surface area contributed by atoms with Crippen molar-refractivity contribution >= 4 is 21.1 Å². The fourth-order valence-electron chi connectivity index (χ4n) is 3.44. The zero-order valence-electron chi connectivity index (χ0n) is 17.2. The van der Waals surface area contributed by atoms with Gasteiger partial charge in [-0.2, -0.15) is 4.31 Å². The highest BCUT2D eigenvalue weighted by molar-refractivity contribution is 7.89. The van der Waals surface area contributed by atoms with Crippen molar-refractivity contribution < 1.29 is 32.2 Å². The van der Waals surface area contributed by atoms with E-state index in [4.69, 9.17) is 23.8 Å². The Morgan fingerprint density at radius 3 is 2.72 bits per heavy atom. The van der Waals surface area contributed by atoms with Crippen LogP contribution in [0.1, 0.15) is 6.42 Å². The van der Waals surface area contributed by atoms with Gasteiger partial charge in [-0.05, 0) is 35.5 Å². The van der Waals surface area contributed by atoms with Gasteiger partial charge in [0.2, 0.25) is 16.8 Å². The van der Waals surface area contributed by atoms with E-state index in [1.54, 1.807) is 18.2 Å². The number of benzene rings is 2. The Morgan fingerprint density at radius 2 is 1.84 bits per heavy atom. The summed E-state index contributed by atoms with van der Waals surface area (Å²) in [6.07, 6.45) is 0.585. The highest BCUT2D eigenvalue weighted by Crippen LogP contribution is 2.35. The molecule has 0 aliphatic carbocycles. The van der Waals surface area contributed by atoms with Gasteiger partial charge in [0.05, 0.1) is 24.7 Å². The monoisotopic (exact) mass is 462 g/mol. The first-order valence-electron chi connectivity index (χ1n) is 10.2. The highest BCUT2D eigenvalue weighted by atomic mass is 32.2.